The van der Waals surface area contributed by atoms with E-state index < -0.39 is 11.7 Å². The van der Waals surface area contributed by atoms with Crippen molar-refractivity contribution < 1.29 is 13.2 Å². The molecule has 1 aromatic carbocycles. The molecule has 1 aromatic heterocycles. The van der Waals surface area contributed by atoms with Crippen molar-refractivity contribution in [3.05, 3.63) is 33.2 Å². The van der Waals surface area contributed by atoms with Crippen LogP contribution in [0.5, 0.6) is 0 Å². The highest BCUT2D eigenvalue weighted by Crippen LogP contribution is 2.36. The number of nitrogens with zero attached hydrogens (tertiary/aromatic N) is 2. The van der Waals surface area contributed by atoms with Crippen LogP contribution in [-0.2, 0) is 12.7 Å². The number of hydrogen-bond acceptors (Lipinski definition) is 4. The minimum atomic E-state index is -4.37. The quantitative estimate of drug-likeness (QED) is 0.777. The highest BCUT2D eigenvalue weighted by atomic mass is 79.9. The molecule has 0 aliphatic heterocycles. The molecule has 0 spiro atoms. The Morgan fingerprint density at radius 1 is 1.29 bits per heavy atom. The van der Waals surface area contributed by atoms with Crippen molar-refractivity contribution in [2.24, 2.45) is 0 Å². The Bertz CT molecular complexity index is 613. The lowest BCUT2D eigenvalue weighted by molar-refractivity contribution is -0.137. The van der Waals surface area contributed by atoms with Gasteiger partial charge in [0.1, 0.15) is 10.0 Å². The molecule has 8 heteroatoms. The summed E-state index contributed by atoms with van der Waals surface area (Å²) in [5.41, 5.74) is -0.286. The van der Waals surface area contributed by atoms with Crippen molar-refractivity contribution in [1.82, 2.24) is 15.5 Å². The first-order chi connectivity index (χ1) is 9.91. The third-order valence-electron chi connectivity index (χ3n) is 2.69. The maximum Gasteiger partial charge on any atom is 0.416 e. The molecule has 3 nitrogen and oxygen atoms in total. The number of nitrogens with one attached hydrogen (secondary N) is 1. The van der Waals surface area contributed by atoms with E-state index in [0.29, 0.717) is 21.6 Å². The molecule has 21 heavy (non-hydrogen) atoms. The first-order valence-electron chi connectivity index (χ1n) is 6.32. The molecule has 0 bridgehead atoms. The van der Waals surface area contributed by atoms with Crippen molar-refractivity contribution in [2.75, 3.05) is 6.54 Å². The van der Waals surface area contributed by atoms with Gasteiger partial charge in [0, 0.05) is 16.6 Å². The smallest absolute Gasteiger partial charge is 0.310 e. The summed E-state index contributed by atoms with van der Waals surface area (Å²) < 4.78 is 38.9. The van der Waals surface area contributed by atoms with E-state index in [1.807, 2.05) is 0 Å². The number of hydrogen-bond donors (Lipinski definition) is 1. The molecule has 2 aromatic rings. The lowest BCUT2D eigenvalue weighted by Crippen LogP contribution is -2.13. The first-order valence-corrected chi connectivity index (χ1v) is 7.93. The van der Waals surface area contributed by atoms with E-state index >= 15 is 0 Å². The van der Waals surface area contributed by atoms with Crippen LogP contribution in [-0.4, -0.2) is 16.7 Å². The molecular formula is C13H13BrF3N3S. The second kappa shape index (κ2) is 6.85. The molecule has 0 unspecified atom stereocenters. The van der Waals surface area contributed by atoms with Crippen LogP contribution in [0.3, 0.4) is 0 Å². The molecular weight excluding hydrogens is 367 g/mol. The van der Waals surface area contributed by atoms with Gasteiger partial charge in [-0.2, -0.15) is 13.2 Å². The van der Waals surface area contributed by atoms with Gasteiger partial charge in [0.15, 0.2) is 0 Å². The molecule has 0 fully saturated rings. The van der Waals surface area contributed by atoms with Crippen molar-refractivity contribution in [3.8, 4) is 10.6 Å². The average molecular weight is 380 g/mol. The molecule has 0 aliphatic carbocycles. The summed E-state index contributed by atoms with van der Waals surface area (Å²) in [7, 11) is 0. The Hall–Kier alpha value is -0.990. The zero-order valence-electron chi connectivity index (χ0n) is 11.2. The van der Waals surface area contributed by atoms with Crippen LogP contribution in [0.1, 0.15) is 23.9 Å². The van der Waals surface area contributed by atoms with Gasteiger partial charge in [-0.15, -0.1) is 10.2 Å². The second-order valence-electron chi connectivity index (χ2n) is 4.37. The standard InChI is InChI=1S/C13H13BrF3N3S/c1-2-5-18-7-11-19-20-12(21-11)9-6-8(13(15,16)17)3-4-10(9)14/h3-4,6,18H,2,5,7H2,1H3. The summed E-state index contributed by atoms with van der Waals surface area (Å²) in [6.07, 6.45) is -3.36. The number of halogens is 4. The Morgan fingerprint density at radius 2 is 2.05 bits per heavy atom. The van der Waals surface area contributed by atoms with Crippen molar-refractivity contribution in [3.63, 3.8) is 0 Å². The van der Waals surface area contributed by atoms with Gasteiger partial charge in [0.05, 0.1) is 5.56 Å². The van der Waals surface area contributed by atoms with E-state index in [4.69, 9.17) is 0 Å². The summed E-state index contributed by atoms with van der Waals surface area (Å²) in [5.74, 6) is 0. The van der Waals surface area contributed by atoms with Crippen LogP contribution in [0.4, 0.5) is 13.2 Å². The van der Waals surface area contributed by atoms with Crippen LogP contribution < -0.4 is 5.32 Å². The third-order valence-corrected chi connectivity index (χ3v) is 4.34. The number of benzene rings is 1. The van der Waals surface area contributed by atoms with Crippen molar-refractivity contribution >= 4 is 27.3 Å². The van der Waals surface area contributed by atoms with Gasteiger partial charge < -0.3 is 5.32 Å². The van der Waals surface area contributed by atoms with E-state index in [-0.39, 0.29) is 0 Å². The molecule has 0 radical (unpaired) electrons. The number of rotatable bonds is 5. The molecule has 0 amide bonds. The summed E-state index contributed by atoms with van der Waals surface area (Å²) in [5, 5.41) is 12.4. The van der Waals surface area contributed by atoms with Gasteiger partial charge in [-0.1, -0.05) is 34.2 Å². The molecule has 1 heterocycles. The predicted octanol–water partition coefficient (Wildman–Crippen LogP) is 4.49. The predicted molar refractivity (Wildman–Crippen MR) is 80.0 cm³/mol. The first kappa shape index (κ1) is 16.4. The van der Waals surface area contributed by atoms with E-state index in [2.05, 4.69) is 38.4 Å². The second-order valence-corrected chi connectivity index (χ2v) is 6.29. The van der Waals surface area contributed by atoms with Crippen LogP contribution in [0, 0.1) is 0 Å². The van der Waals surface area contributed by atoms with E-state index in [1.54, 1.807) is 0 Å². The van der Waals surface area contributed by atoms with Crippen LogP contribution in [0.15, 0.2) is 22.7 Å². The zero-order valence-corrected chi connectivity index (χ0v) is 13.6. The minimum Gasteiger partial charge on any atom is -0.310 e. The molecule has 0 saturated heterocycles. The molecule has 114 valence electrons. The van der Waals surface area contributed by atoms with Gasteiger partial charge in [-0.3, -0.25) is 0 Å². The van der Waals surface area contributed by atoms with Gasteiger partial charge >= 0.3 is 6.18 Å². The van der Waals surface area contributed by atoms with Gasteiger partial charge in [0.25, 0.3) is 0 Å². The highest BCUT2D eigenvalue weighted by molar-refractivity contribution is 9.10. The molecule has 0 saturated carbocycles. The summed E-state index contributed by atoms with van der Waals surface area (Å²) in [6.45, 7) is 3.49. The lowest BCUT2D eigenvalue weighted by atomic mass is 10.1. The van der Waals surface area contributed by atoms with E-state index in [0.717, 1.165) is 30.1 Å². The highest BCUT2D eigenvalue weighted by Gasteiger charge is 2.31. The van der Waals surface area contributed by atoms with Crippen molar-refractivity contribution in [1.29, 1.82) is 0 Å². The fourth-order valence-corrected chi connectivity index (χ4v) is 3.08. The molecule has 1 N–H and O–H groups in total. The zero-order chi connectivity index (χ0) is 15.5. The van der Waals surface area contributed by atoms with E-state index in [1.165, 1.54) is 17.4 Å². The maximum absolute atomic E-state index is 12.8. The Balaban J connectivity index is 2.25. The van der Waals surface area contributed by atoms with Gasteiger partial charge in [-0.05, 0) is 31.2 Å². The number of alkyl halides is 3. The SMILES string of the molecule is CCCNCc1nnc(-c2cc(C(F)(F)F)ccc2Br)s1. The van der Waals surface area contributed by atoms with Crippen LogP contribution >= 0.6 is 27.3 Å². The number of aromatic nitrogens is 2. The molecule has 0 aliphatic rings. The minimum absolute atomic E-state index is 0.407. The summed E-state index contributed by atoms with van der Waals surface area (Å²) in [4.78, 5) is 0. The normalized spacial score (nSPS) is 11.9. The summed E-state index contributed by atoms with van der Waals surface area (Å²) in [6, 6.07) is 3.51. The molecule has 0 atom stereocenters. The van der Waals surface area contributed by atoms with Gasteiger partial charge in [0.2, 0.25) is 0 Å². The topological polar surface area (TPSA) is 37.8 Å². The lowest BCUT2D eigenvalue weighted by Gasteiger charge is -2.08. The Labute approximate surface area is 132 Å². The average Bonchev–Trinajstić information content (AvgIpc) is 2.87. The van der Waals surface area contributed by atoms with Gasteiger partial charge in [-0.25, -0.2) is 0 Å². The third kappa shape index (κ3) is 4.24. The Morgan fingerprint density at radius 3 is 2.71 bits per heavy atom. The maximum atomic E-state index is 12.8. The van der Waals surface area contributed by atoms with Crippen LogP contribution in [0.25, 0.3) is 10.6 Å². The monoisotopic (exact) mass is 379 g/mol. The van der Waals surface area contributed by atoms with Crippen molar-refractivity contribution in [2.45, 2.75) is 26.1 Å². The fourth-order valence-electron chi connectivity index (χ4n) is 1.67. The molecule has 2 rings (SSSR count). The fraction of sp³-hybridized carbons (Fsp3) is 0.385. The van der Waals surface area contributed by atoms with E-state index in [9.17, 15) is 13.2 Å². The largest absolute Gasteiger partial charge is 0.416 e. The summed E-state index contributed by atoms with van der Waals surface area (Å²) >= 11 is 4.55. The Kier molecular flexibility index (Phi) is 5.34. The van der Waals surface area contributed by atoms with Crippen LogP contribution in [0.2, 0.25) is 0 Å².